The van der Waals surface area contributed by atoms with Gasteiger partial charge in [-0.15, -0.1) is 0 Å². The van der Waals surface area contributed by atoms with Gasteiger partial charge in [-0.2, -0.15) is 0 Å². The van der Waals surface area contributed by atoms with E-state index >= 15 is 0 Å². The number of nitrogens with two attached hydrogens (primary N) is 1. The van der Waals surface area contributed by atoms with Crippen molar-refractivity contribution in [2.45, 2.75) is 51.6 Å². The molecule has 1 rings (SSSR count). The van der Waals surface area contributed by atoms with E-state index in [1.54, 1.807) is 0 Å². The second-order valence-corrected chi connectivity index (χ2v) is 5.64. The maximum absolute atomic E-state index is 12.9. The van der Waals surface area contributed by atoms with E-state index in [0.717, 1.165) is 18.5 Å². The van der Waals surface area contributed by atoms with Crippen LogP contribution >= 0.6 is 0 Å². The zero-order valence-corrected chi connectivity index (χ0v) is 12.5. The number of nitrogens with zero attached hydrogens (tertiary/aromatic N) is 1. The van der Waals surface area contributed by atoms with Gasteiger partial charge in [-0.05, 0) is 38.1 Å². The van der Waals surface area contributed by atoms with E-state index in [2.05, 4.69) is 25.8 Å². The van der Waals surface area contributed by atoms with E-state index in [1.807, 2.05) is 12.1 Å². The van der Waals surface area contributed by atoms with Crippen LogP contribution in [0.1, 0.15) is 45.1 Å². The molecule has 1 aromatic carbocycles. The molecule has 2 N–H and O–H groups in total. The van der Waals surface area contributed by atoms with Gasteiger partial charge in [-0.25, -0.2) is 4.39 Å². The maximum Gasteiger partial charge on any atom is 0.123 e. The van der Waals surface area contributed by atoms with Crippen LogP contribution in [0.5, 0.6) is 0 Å². The van der Waals surface area contributed by atoms with E-state index < -0.39 is 0 Å². The molecule has 0 spiro atoms. The molecule has 0 saturated heterocycles. The van der Waals surface area contributed by atoms with Gasteiger partial charge >= 0.3 is 0 Å². The van der Waals surface area contributed by atoms with Gasteiger partial charge in [0.05, 0.1) is 0 Å². The Morgan fingerprint density at radius 1 is 1.21 bits per heavy atom. The quantitative estimate of drug-likeness (QED) is 0.729. The summed E-state index contributed by atoms with van der Waals surface area (Å²) in [6.07, 6.45) is 4.79. The lowest BCUT2D eigenvalue weighted by atomic mass is 9.92. The minimum Gasteiger partial charge on any atom is -0.329 e. The fraction of sp³-hybridized carbons (Fsp3) is 0.625. The number of likely N-dealkylation sites (N-methyl/N-ethyl adjacent to an activating group) is 1. The molecule has 1 aromatic rings. The zero-order chi connectivity index (χ0) is 14.3. The first-order chi connectivity index (χ1) is 9.01. The summed E-state index contributed by atoms with van der Waals surface area (Å²) < 4.78 is 12.9. The molecule has 2 nitrogen and oxygen atoms in total. The molecule has 0 saturated carbocycles. The third-order valence-corrected chi connectivity index (χ3v) is 4.01. The highest BCUT2D eigenvalue weighted by atomic mass is 19.1. The molecule has 0 aliphatic heterocycles. The fourth-order valence-electron chi connectivity index (χ4n) is 2.26. The lowest BCUT2D eigenvalue weighted by Crippen LogP contribution is -2.49. The summed E-state index contributed by atoms with van der Waals surface area (Å²) in [7, 11) is 2.10. The molecular weight excluding hydrogens is 239 g/mol. The number of halogens is 1. The van der Waals surface area contributed by atoms with E-state index in [0.29, 0.717) is 6.54 Å². The SMILES string of the molecule is CCCCCC(C)(CN)N(C)Cc1ccc(F)cc1. The predicted octanol–water partition coefficient (Wildman–Crippen LogP) is 3.56. The molecule has 0 radical (unpaired) electrons. The van der Waals surface area contributed by atoms with Gasteiger partial charge in [0, 0.05) is 18.6 Å². The van der Waals surface area contributed by atoms with Crippen LogP contribution in [0.15, 0.2) is 24.3 Å². The van der Waals surface area contributed by atoms with E-state index in [9.17, 15) is 4.39 Å². The summed E-state index contributed by atoms with van der Waals surface area (Å²) in [5.41, 5.74) is 7.11. The van der Waals surface area contributed by atoms with Gasteiger partial charge < -0.3 is 5.73 Å². The Morgan fingerprint density at radius 2 is 1.84 bits per heavy atom. The molecule has 0 aliphatic rings. The monoisotopic (exact) mass is 266 g/mol. The Labute approximate surface area is 116 Å². The first kappa shape index (κ1) is 16.1. The molecule has 0 aliphatic carbocycles. The van der Waals surface area contributed by atoms with Crippen LogP contribution in [0.25, 0.3) is 0 Å². The topological polar surface area (TPSA) is 29.3 Å². The third-order valence-electron chi connectivity index (χ3n) is 4.01. The lowest BCUT2D eigenvalue weighted by Gasteiger charge is -2.38. The Bertz CT molecular complexity index is 364. The Hall–Kier alpha value is -0.930. The molecule has 0 heterocycles. The number of rotatable bonds is 8. The number of benzene rings is 1. The fourth-order valence-corrected chi connectivity index (χ4v) is 2.26. The van der Waals surface area contributed by atoms with Gasteiger partial charge in [0.2, 0.25) is 0 Å². The second kappa shape index (κ2) is 7.61. The summed E-state index contributed by atoms with van der Waals surface area (Å²) in [4.78, 5) is 2.29. The molecule has 0 aromatic heterocycles. The normalized spacial score (nSPS) is 14.6. The molecule has 1 atom stereocenters. The number of hydrogen-bond donors (Lipinski definition) is 1. The van der Waals surface area contributed by atoms with Crippen molar-refractivity contribution in [3.63, 3.8) is 0 Å². The summed E-state index contributed by atoms with van der Waals surface area (Å²) in [5, 5.41) is 0. The molecule has 0 amide bonds. The van der Waals surface area contributed by atoms with Crippen molar-refractivity contribution in [3.8, 4) is 0 Å². The summed E-state index contributed by atoms with van der Waals surface area (Å²) >= 11 is 0. The molecule has 1 unspecified atom stereocenters. The highest BCUT2D eigenvalue weighted by Gasteiger charge is 2.26. The molecular formula is C16H27FN2. The van der Waals surface area contributed by atoms with Gasteiger partial charge in [-0.3, -0.25) is 4.90 Å². The van der Waals surface area contributed by atoms with Crippen LogP contribution in [-0.4, -0.2) is 24.0 Å². The number of unbranched alkanes of at least 4 members (excludes halogenated alkanes) is 2. The average molecular weight is 266 g/mol. The van der Waals surface area contributed by atoms with Crippen LogP contribution in [0.3, 0.4) is 0 Å². The van der Waals surface area contributed by atoms with Gasteiger partial charge in [0.1, 0.15) is 5.82 Å². The smallest absolute Gasteiger partial charge is 0.123 e. The Kier molecular flexibility index (Phi) is 6.46. The number of hydrogen-bond acceptors (Lipinski definition) is 2. The Morgan fingerprint density at radius 3 is 2.37 bits per heavy atom. The van der Waals surface area contributed by atoms with Crippen LogP contribution in [0.2, 0.25) is 0 Å². The van der Waals surface area contributed by atoms with Crippen molar-refractivity contribution in [1.29, 1.82) is 0 Å². The molecule has 108 valence electrons. The van der Waals surface area contributed by atoms with Crippen LogP contribution in [-0.2, 0) is 6.54 Å². The van der Waals surface area contributed by atoms with Gasteiger partial charge in [0.25, 0.3) is 0 Å². The molecule has 0 fully saturated rings. The first-order valence-electron chi connectivity index (χ1n) is 7.17. The van der Waals surface area contributed by atoms with Crippen molar-refractivity contribution < 1.29 is 4.39 Å². The van der Waals surface area contributed by atoms with Crippen LogP contribution in [0.4, 0.5) is 4.39 Å². The Balaban J connectivity index is 2.61. The highest BCUT2D eigenvalue weighted by molar-refractivity contribution is 5.16. The third kappa shape index (κ3) is 4.92. The van der Waals surface area contributed by atoms with Crippen LogP contribution < -0.4 is 5.73 Å². The summed E-state index contributed by atoms with van der Waals surface area (Å²) in [6.45, 7) is 5.88. The van der Waals surface area contributed by atoms with Crippen molar-refractivity contribution in [1.82, 2.24) is 4.90 Å². The van der Waals surface area contributed by atoms with E-state index in [1.165, 1.54) is 31.4 Å². The van der Waals surface area contributed by atoms with E-state index in [4.69, 9.17) is 5.73 Å². The van der Waals surface area contributed by atoms with Crippen LogP contribution in [0, 0.1) is 5.82 Å². The predicted molar refractivity (Wildman–Crippen MR) is 79.5 cm³/mol. The van der Waals surface area contributed by atoms with Crippen molar-refractivity contribution in [3.05, 3.63) is 35.6 Å². The minimum atomic E-state index is -0.184. The van der Waals surface area contributed by atoms with Crippen molar-refractivity contribution in [2.75, 3.05) is 13.6 Å². The molecule has 19 heavy (non-hydrogen) atoms. The van der Waals surface area contributed by atoms with Crippen molar-refractivity contribution >= 4 is 0 Å². The van der Waals surface area contributed by atoms with Crippen molar-refractivity contribution in [2.24, 2.45) is 5.73 Å². The second-order valence-electron chi connectivity index (χ2n) is 5.64. The molecule has 3 heteroatoms. The zero-order valence-electron chi connectivity index (χ0n) is 12.5. The minimum absolute atomic E-state index is 0.0174. The van der Waals surface area contributed by atoms with E-state index in [-0.39, 0.29) is 11.4 Å². The van der Waals surface area contributed by atoms with Gasteiger partial charge in [0.15, 0.2) is 0 Å². The maximum atomic E-state index is 12.9. The largest absolute Gasteiger partial charge is 0.329 e. The lowest BCUT2D eigenvalue weighted by molar-refractivity contribution is 0.123. The summed E-state index contributed by atoms with van der Waals surface area (Å²) in [5.74, 6) is -0.184. The standard InChI is InChI=1S/C16H27FN2/c1-4-5-6-11-16(2,13-18)19(3)12-14-7-9-15(17)10-8-14/h7-10H,4-6,11-13,18H2,1-3H3. The summed E-state index contributed by atoms with van der Waals surface area (Å²) in [6, 6.07) is 6.71. The highest BCUT2D eigenvalue weighted by Crippen LogP contribution is 2.22. The molecule has 0 bridgehead atoms. The van der Waals surface area contributed by atoms with Gasteiger partial charge in [-0.1, -0.05) is 38.3 Å². The first-order valence-corrected chi connectivity index (χ1v) is 7.17. The average Bonchev–Trinajstić information content (AvgIpc) is 2.41.